The van der Waals surface area contributed by atoms with Crippen LogP contribution in [0.2, 0.25) is 5.02 Å². The summed E-state index contributed by atoms with van der Waals surface area (Å²) in [5.41, 5.74) is -0.435. The van der Waals surface area contributed by atoms with Crippen molar-refractivity contribution >= 4 is 38.9 Å². The zero-order valence-electron chi connectivity index (χ0n) is 17.3. The van der Waals surface area contributed by atoms with Gasteiger partial charge in [0.05, 0.1) is 21.0 Å². The van der Waals surface area contributed by atoms with Crippen molar-refractivity contribution in [1.82, 2.24) is 9.88 Å². The van der Waals surface area contributed by atoms with Crippen LogP contribution in [0.3, 0.4) is 0 Å². The molecule has 1 aliphatic heterocycles. The molecule has 2 atom stereocenters. The van der Waals surface area contributed by atoms with Crippen molar-refractivity contribution in [2.75, 3.05) is 13.1 Å². The molecule has 3 aromatic rings. The molecule has 178 valence electrons. The monoisotopic (exact) mass is 527 g/mol. The number of nitrogens with zero attached hydrogens (tertiary/aromatic N) is 2. The first-order valence-corrected chi connectivity index (χ1v) is 13.0. The Kier molecular flexibility index (Phi) is 5.51. The lowest BCUT2D eigenvalue weighted by molar-refractivity contribution is -0.139. The van der Waals surface area contributed by atoms with Gasteiger partial charge in [-0.3, -0.25) is 4.79 Å². The number of benzene rings is 2. The Morgan fingerprint density at radius 2 is 1.71 bits per heavy atom. The summed E-state index contributed by atoms with van der Waals surface area (Å²) in [5, 5.41) is 5.63. The van der Waals surface area contributed by atoms with Crippen LogP contribution in [0.5, 0.6) is 0 Å². The number of sulfonamides is 1. The highest BCUT2D eigenvalue weighted by atomic mass is 35.5. The topological polar surface area (TPSA) is 93.4 Å². The fourth-order valence-electron chi connectivity index (χ4n) is 4.25. The number of hydrogen-bond acceptors (Lipinski definition) is 5. The first-order valence-electron chi connectivity index (χ1n) is 10.2. The molecule has 1 aliphatic carbocycles. The Hall–Kier alpha value is -2.47. The molecule has 6 nitrogen and oxygen atoms in total. The van der Waals surface area contributed by atoms with Crippen LogP contribution >= 0.6 is 22.9 Å². The number of rotatable bonds is 4. The van der Waals surface area contributed by atoms with Gasteiger partial charge in [-0.2, -0.15) is 13.2 Å². The lowest BCUT2D eigenvalue weighted by Gasteiger charge is -2.15. The van der Waals surface area contributed by atoms with E-state index in [0.717, 1.165) is 29.9 Å². The molecule has 2 heterocycles. The van der Waals surface area contributed by atoms with Gasteiger partial charge in [0.2, 0.25) is 10.0 Å². The maximum absolute atomic E-state index is 13.7. The van der Waals surface area contributed by atoms with Crippen molar-refractivity contribution in [3.63, 3.8) is 0 Å². The second kappa shape index (κ2) is 8.04. The van der Waals surface area contributed by atoms with E-state index in [-0.39, 0.29) is 16.5 Å². The summed E-state index contributed by atoms with van der Waals surface area (Å²) in [7, 11) is -4.61. The fourth-order valence-corrected chi connectivity index (χ4v) is 6.17. The van der Waals surface area contributed by atoms with Crippen LogP contribution in [0, 0.1) is 11.8 Å². The van der Waals surface area contributed by atoms with E-state index >= 15 is 0 Å². The summed E-state index contributed by atoms with van der Waals surface area (Å²) in [6.45, 7) is 1.30. The first kappa shape index (κ1) is 23.3. The minimum Gasteiger partial charge on any atom is -0.336 e. The molecule has 1 saturated heterocycles. The standard InChI is InChI=1S/C22H17ClF3N3O3S2/c23-15-4-1-11(2-5-15)18-19(33-20(28-18)21(30)29-9-13-7-14(13)10-29)12-3-6-17(34(27,31)32)16(8-12)22(24,25)26/h1-6,8,13-14H,7,9-10H2,(H2,27,31,32). The number of carbonyl (C=O) groups is 1. The highest BCUT2D eigenvalue weighted by Crippen LogP contribution is 2.46. The number of aromatic nitrogens is 1. The number of likely N-dealkylation sites (tertiary alicyclic amines) is 1. The largest absolute Gasteiger partial charge is 0.417 e. The van der Waals surface area contributed by atoms with Gasteiger partial charge in [0.15, 0.2) is 5.01 Å². The van der Waals surface area contributed by atoms with Crippen LogP contribution in [0.25, 0.3) is 21.7 Å². The number of hydrogen-bond donors (Lipinski definition) is 1. The molecule has 0 bridgehead atoms. The van der Waals surface area contributed by atoms with Crippen molar-refractivity contribution in [2.45, 2.75) is 17.5 Å². The predicted octanol–water partition coefficient (Wildman–Crippen LogP) is 4.89. The molecule has 1 saturated carbocycles. The summed E-state index contributed by atoms with van der Waals surface area (Å²) in [5.74, 6) is 0.759. The van der Waals surface area contributed by atoms with Crippen LogP contribution in [0.1, 0.15) is 21.8 Å². The second-order valence-electron chi connectivity index (χ2n) is 8.42. The number of piperidine rings is 1. The van der Waals surface area contributed by atoms with Gasteiger partial charge in [0, 0.05) is 23.7 Å². The maximum Gasteiger partial charge on any atom is 0.417 e. The summed E-state index contributed by atoms with van der Waals surface area (Å²) in [6.07, 6.45) is -3.85. The van der Waals surface area contributed by atoms with Gasteiger partial charge in [0.25, 0.3) is 5.91 Å². The molecule has 34 heavy (non-hydrogen) atoms. The van der Waals surface area contributed by atoms with Gasteiger partial charge in [-0.15, -0.1) is 11.3 Å². The first-order chi connectivity index (χ1) is 15.9. The van der Waals surface area contributed by atoms with Gasteiger partial charge < -0.3 is 4.90 Å². The van der Waals surface area contributed by atoms with E-state index in [1.165, 1.54) is 6.07 Å². The average Bonchev–Trinajstić information content (AvgIpc) is 3.17. The van der Waals surface area contributed by atoms with Gasteiger partial charge in [0.1, 0.15) is 0 Å². The zero-order valence-corrected chi connectivity index (χ0v) is 19.7. The van der Waals surface area contributed by atoms with E-state index in [2.05, 4.69) is 4.98 Å². The maximum atomic E-state index is 13.7. The number of alkyl halides is 3. The summed E-state index contributed by atoms with van der Waals surface area (Å²) in [6, 6.07) is 9.33. The quantitative estimate of drug-likeness (QED) is 0.523. The van der Waals surface area contributed by atoms with E-state index < -0.39 is 26.7 Å². The second-order valence-corrected chi connectivity index (χ2v) is 11.4. The molecule has 2 aromatic carbocycles. The van der Waals surface area contributed by atoms with Crippen LogP contribution < -0.4 is 5.14 Å². The van der Waals surface area contributed by atoms with Crippen molar-refractivity contribution in [3.8, 4) is 21.7 Å². The number of carbonyl (C=O) groups excluding carboxylic acids is 1. The molecule has 5 rings (SSSR count). The number of nitrogens with two attached hydrogens (primary N) is 1. The summed E-state index contributed by atoms with van der Waals surface area (Å²) in [4.78, 5) is 18.6. The molecule has 2 unspecified atom stereocenters. The van der Waals surface area contributed by atoms with E-state index in [9.17, 15) is 26.4 Å². The third-order valence-corrected chi connectivity index (χ3v) is 8.36. The molecule has 1 aromatic heterocycles. The third kappa shape index (κ3) is 4.33. The van der Waals surface area contributed by atoms with Crippen molar-refractivity contribution < 1.29 is 26.4 Å². The van der Waals surface area contributed by atoms with E-state index in [4.69, 9.17) is 16.7 Å². The Morgan fingerprint density at radius 1 is 1.09 bits per heavy atom. The van der Waals surface area contributed by atoms with E-state index in [0.29, 0.717) is 46.1 Å². The summed E-state index contributed by atoms with van der Waals surface area (Å²) >= 11 is 6.95. The smallest absolute Gasteiger partial charge is 0.336 e. The Bertz CT molecular complexity index is 1390. The molecule has 2 fully saturated rings. The predicted molar refractivity (Wildman–Crippen MR) is 122 cm³/mol. The Balaban J connectivity index is 1.64. The number of thiazole rings is 1. The molecule has 0 spiro atoms. The molecule has 2 aliphatic rings. The molecule has 2 N–H and O–H groups in total. The number of amides is 1. The molecule has 1 amide bonds. The minimum absolute atomic E-state index is 0.0745. The Labute approximate surface area is 202 Å². The SMILES string of the molecule is NS(=O)(=O)c1ccc(-c2sc(C(=O)N3CC4CC4C3)nc2-c2ccc(Cl)cc2)cc1C(F)(F)F. The van der Waals surface area contributed by atoms with Gasteiger partial charge in [-0.1, -0.05) is 29.8 Å². The highest BCUT2D eigenvalue weighted by Gasteiger charge is 2.47. The number of halogens is 4. The molecular formula is C22H17ClF3N3O3S2. The van der Waals surface area contributed by atoms with Crippen LogP contribution in [0.4, 0.5) is 13.2 Å². The number of primary sulfonamides is 1. The van der Waals surface area contributed by atoms with Gasteiger partial charge in [-0.25, -0.2) is 18.5 Å². The van der Waals surface area contributed by atoms with E-state index in [1.54, 1.807) is 29.2 Å². The van der Waals surface area contributed by atoms with Crippen molar-refractivity contribution in [1.29, 1.82) is 0 Å². The van der Waals surface area contributed by atoms with Crippen molar-refractivity contribution in [2.24, 2.45) is 17.0 Å². The molecular weight excluding hydrogens is 511 g/mol. The zero-order chi connectivity index (χ0) is 24.4. The van der Waals surface area contributed by atoms with Gasteiger partial charge >= 0.3 is 6.18 Å². The molecule has 12 heteroatoms. The minimum atomic E-state index is -4.96. The van der Waals surface area contributed by atoms with Crippen LogP contribution in [-0.4, -0.2) is 37.3 Å². The van der Waals surface area contributed by atoms with Crippen LogP contribution in [-0.2, 0) is 16.2 Å². The average molecular weight is 528 g/mol. The number of fused-ring (bicyclic) bond motifs is 1. The molecule has 0 radical (unpaired) electrons. The van der Waals surface area contributed by atoms with Crippen LogP contribution in [0.15, 0.2) is 47.4 Å². The normalized spacial score (nSPS) is 19.9. The van der Waals surface area contributed by atoms with E-state index in [1.807, 2.05) is 0 Å². The third-order valence-electron chi connectivity index (χ3n) is 6.05. The lowest BCUT2D eigenvalue weighted by Crippen LogP contribution is -2.30. The Morgan fingerprint density at radius 3 is 2.29 bits per heavy atom. The highest BCUT2D eigenvalue weighted by molar-refractivity contribution is 7.89. The van der Waals surface area contributed by atoms with Gasteiger partial charge in [-0.05, 0) is 48.1 Å². The van der Waals surface area contributed by atoms with Crippen molar-refractivity contribution in [3.05, 3.63) is 58.1 Å². The fraction of sp³-hybridized carbons (Fsp3) is 0.273. The lowest BCUT2D eigenvalue weighted by atomic mass is 10.0. The summed E-state index contributed by atoms with van der Waals surface area (Å²) < 4.78 is 64.6.